The second-order valence-corrected chi connectivity index (χ2v) is 5.46. The first kappa shape index (κ1) is 15.4. The molecule has 1 rings (SSSR count). The summed E-state index contributed by atoms with van der Waals surface area (Å²) in [4.78, 5) is 11.6. The van der Waals surface area contributed by atoms with Crippen molar-refractivity contribution in [3.63, 3.8) is 0 Å². The van der Waals surface area contributed by atoms with E-state index >= 15 is 0 Å². The van der Waals surface area contributed by atoms with E-state index in [4.69, 9.17) is 5.73 Å². The number of nitrogens with one attached hydrogen (secondary N) is 1. The smallest absolute Gasteiger partial charge is 0.241 e. The molecule has 3 N–H and O–H groups in total. The standard InChI is InChI=1S/C11H13BrF2N2OS/c1-18-3-2-9(15)11(17)16-10-5-7(13)6(12)4-8(10)14/h4-5,9H,2-3,15H2,1H3,(H,16,17)/t9-/m1/s1. The molecule has 0 fully saturated rings. The van der Waals surface area contributed by atoms with Crippen molar-refractivity contribution < 1.29 is 13.6 Å². The molecule has 1 amide bonds. The molecule has 0 aliphatic rings. The molecule has 1 atom stereocenters. The molecule has 0 spiro atoms. The Bertz CT molecular complexity index is 445. The van der Waals surface area contributed by atoms with Gasteiger partial charge in [0.15, 0.2) is 0 Å². The van der Waals surface area contributed by atoms with E-state index in [1.165, 1.54) is 0 Å². The highest BCUT2D eigenvalue weighted by molar-refractivity contribution is 9.10. The van der Waals surface area contributed by atoms with E-state index in [1.807, 2.05) is 6.26 Å². The van der Waals surface area contributed by atoms with Gasteiger partial charge in [-0.15, -0.1) is 0 Å². The summed E-state index contributed by atoms with van der Waals surface area (Å²) < 4.78 is 26.7. The molecule has 0 bridgehead atoms. The maximum Gasteiger partial charge on any atom is 0.241 e. The Kier molecular flexibility index (Phi) is 6.04. The number of halogens is 3. The predicted molar refractivity (Wildman–Crippen MR) is 73.7 cm³/mol. The first-order valence-corrected chi connectivity index (χ1v) is 7.34. The van der Waals surface area contributed by atoms with E-state index < -0.39 is 23.6 Å². The third-order valence-corrected chi connectivity index (χ3v) is 3.49. The normalized spacial score (nSPS) is 12.3. The monoisotopic (exact) mass is 338 g/mol. The zero-order valence-electron chi connectivity index (χ0n) is 9.67. The topological polar surface area (TPSA) is 55.1 Å². The number of carbonyl (C=O) groups is 1. The fraction of sp³-hybridized carbons (Fsp3) is 0.364. The Hall–Kier alpha value is -0.660. The lowest BCUT2D eigenvalue weighted by molar-refractivity contribution is -0.117. The van der Waals surface area contributed by atoms with Crippen LogP contribution in [-0.4, -0.2) is 24.0 Å². The molecule has 0 aliphatic carbocycles. The Morgan fingerprint density at radius 3 is 2.78 bits per heavy atom. The molecule has 1 aromatic rings. The Labute approximate surface area is 117 Å². The van der Waals surface area contributed by atoms with Crippen molar-refractivity contribution in [1.29, 1.82) is 0 Å². The second kappa shape index (κ2) is 7.06. The number of anilines is 1. The lowest BCUT2D eigenvalue weighted by Crippen LogP contribution is -2.36. The summed E-state index contributed by atoms with van der Waals surface area (Å²) in [5, 5.41) is 2.28. The van der Waals surface area contributed by atoms with Gasteiger partial charge in [0.05, 0.1) is 16.2 Å². The van der Waals surface area contributed by atoms with Gasteiger partial charge in [-0.05, 0) is 40.4 Å². The van der Waals surface area contributed by atoms with Crippen LogP contribution in [-0.2, 0) is 4.79 Å². The molecule has 0 unspecified atom stereocenters. The van der Waals surface area contributed by atoms with Gasteiger partial charge in [-0.1, -0.05) is 0 Å². The number of benzene rings is 1. The summed E-state index contributed by atoms with van der Waals surface area (Å²) in [6.45, 7) is 0. The van der Waals surface area contributed by atoms with Crippen molar-refractivity contribution in [1.82, 2.24) is 0 Å². The Balaban J connectivity index is 2.72. The van der Waals surface area contributed by atoms with Crippen LogP contribution < -0.4 is 11.1 Å². The summed E-state index contributed by atoms with van der Waals surface area (Å²) in [5.41, 5.74) is 5.41. The lowest BCUT2D eigenvalue weighted by atomic mass is 10.2. The molecule has 0 aromatic heterocycles. The highest BCUT2D eigenvalue weighted by Crippen LogP contribution is 2.23. The molecule has 0 heterocycles. The average molecular weight is 339 g/mol. The summed E-state index contributed by atoms with van der Waals surface area (Å²) in [7, 11) is 0. The highest BCUT2D eigenvalue weighted by Gasteiger charge is 2.16. The third kappa shape index (κ3) is 4.22. The third-order valence-electron chi connectivity index (χ3n) is 2.24. The molecule has 1 aromatic carbocycles. The average Bonchev–Trinajstić information content (AvgIpc) is 2.32. The molecular weight excluding hydrogens is 326 g/mol. The molecular formula is C11H13BrF2N2OS. The molecule has 18 heavy (non-hydrogen) atoms. The highest BCUT2D eigenvalue weighted by atomic mass is 79.9. The zero-order chi connectivity index (χ0) is 13.7. The molecule has 3 nitrogen and oxygen atoms in total. The van der Waals surface area contributed by atoms with Crippen LogP contribution >= 0.6 is 27.7 Å². The molecule has 0 saturated carbocycles. The van der Waals surface area contributed by atoms with Crippen LogP contribution in [0.15, 0.2) is 16.6 Å². The van der Waals surface area contributed by atoms with Crippen LogP contribution in [0.1, 0.15) is 6.42 Å². The second-order valence-electron chi connectivity index (χ2n) is 3.62. The van der Waals surface area contributed by atoms with E-state index in [0.717, 1.165) is 17.9 Å². The van der Waals surface area contributed by atoms with Crippen molar-refractivity contribution in [2.75, 3.05) is 17.3 Å². The summed E-state index contributed by atoms with van der Waals surface area (Å²) >= 11 is 4.42. The lowest BCUT2D eigenvalue weighted by Gasteiger charge is -2.12. The van der Waals surface area contributed by atoms with E-state index in [9.17, 15) is 13.6 Å². The zero-order valence-corrected chi connectivity index (χ0v) is 12.1. The first-order valence-electron chi connectivity index (χ1n) is 5.15. The molecule has 7 heteroatoms. The molecule has 100 valence electrons. The number of nitrogens with two attached hydrogens (primary N) is 1. The first-order chi connectivity index (χ1) is 8.45. The number of rotatable bonds is 5. The number of hydrogen-bond acceptors (Lipinski definition) is 3. The van der Waals surface area contributed by atoms with Crippen LogP contribution in [0.2, 0.25) is 0 Å². The van der Waals surface area contributed by atoms with Gasteiger partial charge in [0.2, 0.25) is 5.91 Å². The van der Waals surface area contributed by atoms with E-state index in [1.54, 1.807) is 11.8 Å². The van der Waals surface area contributed by atoms with Crippen LogP contribution in [0, 0.1) is 11.6 Å². The van der Waals surface area contributed by atoms with E-state index in [0.29, 0.717) is 6.42 Å². The fourth-order valence-corrected chi connectivity index (χ4v) is 2.02. The Morgan fingerprint density at radius 2 is 2.17 bits per heavy atom. The minimum Gasteiger partial charge on any atom is -0.322 e. The van der Waals surface area contributed by atoms with Gasteiger partial charge < -0.3 is 11.1 Å². The largest absolute Gasteiger partial charge is 0.322 e. The van der Waals surface area contributed by atoms with Gasteiger partial charge in [0.1, 0.15) is 11.6 Å². The number of hydrogen-bond donors (Lipinski definition) is 2. The summed E-state index contributed by atoms with van der Waals surface area (Å²) in [6, 6.07) is 1.14. The van der Waals surface area contributed by atoms with Gasteiger partial charge in [-0.2, -0.15) is 11.8 Å². The minimum absolute atomic E-state index is 0.00433. The number of carbonyl (C=O) groups excluding carboxylic acids is 1. The molecule has 0 saturated heterocycles. The van der Waals surface area contributed by atoms with Crippen molar-refractivity contribution in [3.05, 3.63) is 28.2 Å². The van der Waals surface area contributed by atoms with Gasteiger partial charge in [0.25, 0.3) is 0 Å². The minimum atomic E-state index is -0.733. The van der Waals surface area contributed by atoms with Gasteiger partial charge in [-0.3, -0.25) is 4.79 Å². The fourth-order valence-electron chi connectivity index (χ4n) is 1.22. The summed E-state index contributed by atoms with van der Waals surface area (Å²) in [6.07, 6.45) is 2.38. The van der Waals surface area contributed by atoms with Crippen LogP contribution in [0.4, 0.5) is 14.5 Å². The van der Waals surface area contributed by atoms with Gasteiger partial charge >= 0.3 is 0 Å². The van der Waals surface area contributed by atoms with Crippen molar-refractivity contribution in [2.45, 2.75) is 12.5 Å². The quantitative estimate of drug-likeness (QED) is 0.811. The number of amides is 1. The SMILES string of the molecule is CSCC[C@@H](N)C(=O)Nc1cc(F)c(Br)cc1F. The van der Waals surface area contributed by atoms with Crippen molar-refractivity contribution in [3.8, 4) is 0 Å². The molecule has 0 radical (unpaired) electrons. The molecule has 0 aliphatic heterocycles. The van der Waals surface area contributed by atoms with E-state index in [-0.39, 0.29) is 10.2 Å². The maximum absolute atomic E-state index is 13.4. The van der Waals surface area contributed by atoms with Crippen molar-refractivity contribution in [2.24, 2.45) is 5.73 Å². The van der Waals surface area contributed by atoms with E-state index in [2.05, 4.69) is 21.2 Å². The maximum atomic E-state index is 13.4. The van der Waals surface area contributed by atoms with Gasteiger partial charge in [-0.25, -0.2) is 8.78 Å². The van der Waals surface area contributed by atoms with Crippen molar-refractivity contribution >= 4 is 39.3 Å². The van der Waals surface area contributed by atoms with Crippen LogP contribution in [0.3, 0.4) is 0 Å². The Morgan fingerprint density at radius 1 is 1.50 bits per heavy atom. The predicted octanol–water partition coefficient (Wildman–Crippen LogP) is 2.75. The van der Waals surface area contributed by atoms with Crippen LogP contribution in [0.25, 0.3) is 0 Å². The number of thioether (sulfide) groups is 1. The van der Waals surface area contributed by atoms with Gasteiger partial charge in [0, 0.05) is 6.07 Å². The summed E-state index contributed by atoms with van der Waals surface area (Å²) in [5.74, 6) is -1.16. The van der Waals surface area contributed by atoms with Crippen LogP contribution in [0.5, 0.6) is 0 Å².